The fourth-order valence-corrected chi connectivity index (χ4v) is 6.10. The molecule has 0 bridgehead atoms. The summed E-state index contributed by atoms with van der Waals surface area (Å²) in [5.41, 5.74) is 0. The zero-order chi connectivity index (χ0) is 34.5. The standard InChI is InChI=1S/C43H79NO3/c1-5-6-7-8-9-10-11-12-13-14-18-21-24-27-30-33-38-42(47-43(45)46)39-34-31-28-25-22-19-16-15-17-20-23-26-29-32-36-41(2)37-35-40-44(3)4/h9-10,12-13,15,17,23,26,41-42H,5-8,11,14,16,18-22,24-25,27-40H2,1-4H3,(H,45,46)/b10-9-,13-12-,17-15-,26-23-. The van der Waals surface area contributed by atoms with E-state index in [4.69, 9.17) is 9.84 Å². The summed E-state index contributed by atoms with van der Waals surface area (Å²) in [4.78, 5) is 13.4. The maximum Gasteiger partial charge on any atom is 0.506 e. The van der Waals surface area contributed by atoms with E-state index in [0.717, 1.165) is 44.4 Å². The molecule has 0 aliphatic carbocycles. The fraction of sp³-hybridized carbons (Fsp3) is 0.791. The van der Waals surface area contributed by atoms with Crippen LogP contribution in [-0.4, -0.2) is 42.9 Å². The highest BCUT2D eigenvalue weighted by molar-refractivity contribution is 5.57. The van der Waals surface area contributed by atoms with Gasteiger partial charge < -0.3 is 14.7 Å². The minimum atomic E-state index is -1.12. The van der Waals surface area contributed by atoms with Gasteiger partial charge in [-0.1, -0.05) is 133 Å². The normalized spacial score (nSPS) is 13.6. The number of rotatable bonds is 35. The van der Waals surface area contributed by atoms with Crippen LogP contribution >= 0.6 is 0 Å². The summed E-state index contributed by atoms with van der Waals surface area (Å²) in [7, 11) is 4.32. The third-order valence-corrected chi connectivity index (χ3v) is 9.12. The Labute approximate surface area is 293 Å². The van der Waals surface area contributed by atoms with Crippen LogP contribution in [0.4, 0.5) is 4.79 Å². The zero-order valence-electron chi connectivity index (χ0n) is 31.8. The van der Waals surface area contributed by atoms with E-state index in [0.29, 0.717) is 0 Å². The molecule has 0 aromatic rings. The van der Waals surface area contributed by atoms with Gasteiger partial charge in [-0.2, -0.15) is 0 Å². The number of carboxylic acid groups (broad SMARTS) is 1. The molecule has 0 fully saturated rings. The van der Waals surface area contributed by atoms with E-state index in [-0.39, 0.29) is 6.10 Å². The van der Waals surface area contributed by atoms with Crippen LogP contribution in [0.3, 0.4) is 0 Å². The minimum absolute atomic E-state index is 0.126. The lowest BCUT2D eigenvalue weighted by molar-refractivity contribution is 0.0422. The van der Waals surface area contributed by atoms with E-state index in [2.05, 4.69) is 81.5 Å². The van der Waals surface area contributed by atoms with Gasteiger partial charge in [0, 0.05) is 0 Å². The molecule has 274 valence electrons. The summed E-state index contributed by atoms with van der Waals surface area (Å²) in [6.45, 7) is 5.86. The van der Waals surface area contributed by atoms with Crippen LogP contribution in [0.25, 0.3) is 0 Å². The summed E-state index contributed by atoms with van der Waals surface area (Å²) in [6.07, 6.45) is 50.0. The maximum absolute atomic E-state index is 11.2. The van der Waals surface area contributed by atoms with E-state index in [1.807, 2.05) is 0 Å². The molecular formula is C43H79NO3. The predicted octanol–water partition coefficient (Wildman–Crippen LogP) is 14.0. The predicted molar refractivity (Wildman–Crippen MR) is 208 cm³/mol. The molecule has 0 spiro atoms. The lowest BCUT2D eigenvalue weighted by Crippen LogP contribution is -2.16. The second-order valence-electron chi connectivity index (χ2n) is 14.2. The summed E-state index contributed by atoms with van der Waals surface area (Å²) in [6, 6.07) is 0. The van der Waals surface area contributed by atoms with Crippen LogP contribution in [-0.2, 0) is 4.74 Å². The first-order valence-electron chi connectivity index (χ1n) is 20.1. The van der Waals surface area contributed by atoms with Gasteiger partial charge in [-0.25, -0.2) is 4.79 Å². The minimum Gasteiger partial charge on any atom is -0.450 e. The van der Waals surface area contributed by atoms with Crippen molar-refractivity contribution in [1.29, 1.82) is 0 Å². The van der Waals surface area contributed by atoms with Crippen molar-refractivity contribution < 1.29 is 14.6 Å². The first-order chi connectivity index (χ1) is 23.0. The van der Waals surface area contributed by atoms with E-state index in [1.165, 1.54) is 141 Å². The Morgan fingerprint density at radius 3 is 1.40 bits per heavy atom. The summed E-state index contributed by atoms with van der Waals surface area (Å²) in [5, 5.41) is 9.16. The topological polar surface area (TPSA) is 49.8 Å². The summed E-state index contributed by atoms with van der Waals surface area (Å²) in [5.74, 6) is 0.849. The molecule has 47 heavy (non-hydrogen) atoms. The van der Waals surface area contributed by atoms with Crippen molar-refractivity contribution in [2.24, 2.45) is 5.92 Å². The highest BCUT2D eigenvalue weighted by Gasteiger charge is 2.13. The molecule has 0 saturated carbocycles. The van der Waals surface area contributed by atoms with Crippen LogP contribution in [0.15, 0.2) is 48.6 Å². The Hall–Kier alpha value is -1.81. The van der Waals surface area contributed by atoms with Gasteiger partial charge in [-0.3, -0.25) is 0 Å². The van der Waals surface area contributed by atoms with Crippen molar-refractivity contribution in [3.05, 3.63) is 48.6 Å². The largest absolute Gasteiger partial charge is 0.506 e. The average molecular weight is 658 g/mol. The van der Waals surface area contributed by atoms with E-state index < -0.39 is 6.16 Å². The van der Waals surface area contributed by atoms with E-state index in [9.17, 15) is 4.79 Å². The molecule has 0 aromatic heterocycles. The molecule has 2 unspecified atom stereocenters. The Balaban J connectivity index is 3.64. The molecule has 0 saturated heterocycles. The van der Waals surface area contributed by atoms with Crippen LogP contribution in [0.5, 0.6) is 0 Å². The number of carbonyl (C=O) groups is 1. The Kier molecular flexibility index (Phi) is 35.6. The summed E-state index contributed by atoms with van der Waals surface area (Å²) >= 11 is 0. The van der Waals surface area contributed by atoms with Crippen LogP contribution in [0.2, 0.25) is 0 Å². The van der Waals surface area contributed by atoms with Gasteiger partial charge in [-0.05, 0) is 129 Å². The maximum atomic E-state index is 11.2. The smallest absolute Gasteiger partial charge is 0.450 e. The molecule has 4 heteroatoms. The highest BCUT2D eigenvalue weighted by atomic mass is 16.7. The number of nitrogens with zero attached hydrogens (tertiary/aromatic N) is 1. The van der Waals surface area contributed by atoms with Crippen molar-refractivity contribution in [3.63, 3.8) is 0 Å². The fourth-order valence-electron chi connectivity index (χ4n) is 6.10. The first-order valence-corrected chi connectivity index (χ1v) is 20.1. The number of ether oxygens (including phenoxy) is 1. The molecule has 0 aromatic carbocycles. The number of unbranched alkanes of at least 4 members (excludes halogenated alkanes) is 16. The number of hydrogen-bond acceptors (Lipinski definition) is 3. The van der Waals surface area contributed by atoms with Crippen LogP contribution in [0, 0.1) is 5.92 Å². The molecule has 0 heterocycles. The highest BCUT2D eigenvalue weighted by Crippen LogP contribution is 2.18. The van der Waals surface area contributed by atoms with Crippen molar-refractivity contribution in [3.8, 4) is 0 Å². The lowest BCUT2D eigenvalue weighted by Gasteiger charge is -2.15. The van der Waals surface area contributed by atoms with Gasteiger partial charge in [-0.15, -0.1) is 0 Å². The Morgan fingerprint density at radius 2 is 0.957 bits per heavy atom. The van der Waals surface area contributed by atoms with Crippen molar-refractivity contribution in [1.82, 2.24) is 4.90 Å². The Bertz CT molecular complexity index is 769. The number of allylic oxidation sites excluding steroid dienone is 8. The van der Waals surface area contributed by atoms with Crippen LogP contribution < -0.4 is 0 Å². The second kappa shape index (κ2) is 37.0. The monoisotopic (exact) mass is 658 g/mol. The molecule has 0 amide bonds. The van der Waals surface area contributed by atoms with Crippen molar-refractivity contribution in [2.45, 2.75) is 193 Å². The quantitative estimate of drug-likeness (QED) is 0.0418. The van der Waals surface area contributed by atoms with Gasteiger partial charge in [0.25, 0.3) is 0 Å². The SMILES string of the molecule is CCCCC/C=C\C/C=C\CCCCCCCCC(CCCCCCCC/C=C\C/C=C\CCCC(C)CCCN(C)C)OC(=O)O. The first kappa shape index (κ1) is 45.2. The van der Waals surface area contributed by atoms with Crippen molar-refractivity contribution in [2.75, 3.05) is 20.6 Å². The summed E-state index contributed by atoms with van der Waals surface area (Å²) < 4.78 is 5.21. The van der Waals surface area contributed by atoms with Gasteiger partial charge in [0.15, 0.2) is 0 Å². The lowest BCUT2D eigenvalue weighted by atomic mass is 9.98. The molecule has 0 aliphatic heterocycles. The molecule has 0 aliphatic rings. The number of hydrogen-bond donors (Lipinski definition) is 1. The molecule has 2 atom stereocenters. The third kappa shape index (κ3) is 38.5. The molecule has 0 rings (SSSR count). The van der Waals surface area contributed by atoms with Crippen LogP contribution in [0.1, 0.15) is 187 Å². The van der Waals surface area contributed by atoms with E-state index in [1.54, 1.807) is 0 Å². The molecule has 4 nitrogen and oxygen atoms in total. The zero-order valence-corrected chi connectivity index (χ0v) is 31.8. The van der Waals surface area contributed by atoms with Gasteiger partial charge in [0.05, 0.1) is 0 Å². The molecule has 0 radical (unpaired) electrons. The van der Waals surface area contributed by atoms with Crippen molar-refractivity contribution >= 4 is 6.16 Å². The molecular weight excluding hydrogens is 578 g/mol. The van der Waals surface area contributed by atoms with Gasteiger partial charge in [0.2, 0.25) is 0 Å². The second-order valence-corrected chi connectivity index (χ2v) is 14.2. The van der Waals surface area contributed by atoms with Gasteiger partial charge >= 0.3 is 6.16 Å². The van der Waals surface area contributed by atoms with E-state index >= 15 is 0 Å². The third-order valence-electron chi connectivity index (χ3n) is 9.12. The van der Waals surface area contributed by atoms with Gasteiger partial charge in [0.1, 0.15) is 6.10 Å². The Morgan fingerprint density at radius 1 is 0.553 bits per heavy atom. The molecule has 1 N–H and O–H groups in total. The average Bonchev–Trinajstić information content (AvgIpc) is 3.03.